The van der Waals surface area contributed by atoms with E-state index in [9.17, 15) is 4.79 Å². The van der Waals surface area contributed by atoms with Gasteiger partial charge in [-0.2, -0.15) is 0 Å². The standard InChI is InChI=1S/C13H8N2OS/c16-8-10-7-15-13(17-10)11-5-1-3-9-4-2-6-14-12(9)11/h1-8H. The monoisotopic (exact) mass is 240 g/mol. The molecule has 0 radical (unpaired) electrons. The molecule has 0 spiro atoms. The van der Waals surface area contributed by atoms with E-state index >= 15 is 0 Å². The maximum absolute atomic E-state index is 10.7. The zero-order valence-corrected chi connectivity index (χ0v) is 9.65. The van der Waals surface area contributed by atoms with Gasteiger partial charge in [0.2, 0.25) is 0 Å². The number of para-hydroxylation sites is 1. The number of carbonyl (C=O) groups is 1. The van der Waals surface area contributed by atoms with Crippen molar-refractivity contribution in [2.24, 2.45) is 0 Å². The summed E-state index contributed by atoms with van der Waals surface area (Å²) in [5.74, 6) is 0. The van der Waals surface area contributed by atoms with Crippen LogP contribution in [-0.2, 0) is 0 Å². The summed E-state index contributed by atoms with van der Waals surface area (Å²) in [7, 11) is 0. The van der Waals surface area contributed by atoms with E-state index in [1.807, 2.05) is 30.3 Å². The Morgan fingerprint density at radius 3 is 2.82 bits per heavy atom. The Kier molecular flexibility index (Phi) is 2.42. The molecule has 2 aromatic heterocycles. The van der Waals surface area contributed by atoms with Crippen molar-refractivity contribution in [2.45, 2.75) is 0 Å². The van der Waals surface area contributed by atoms with Crippen molar-refractivity contribution in [3.05, 3.63) is 47.6 Å². The van der Waals surface area contributed by atoms with Crippen molar-refractivity contribution in [2.75, 3.05) is 0 Å². The third kappa shape index (κ3) is 1.72. The van der Waals surface area contributed by atoms with Crippen LogP contribution < -0.4 is 0 Å². The molecular weight excluding hydrogens is 232 g/mol. The maximum atomic E-state index is 10.7. The highest BCUT2D eigenvalue weighted by molar-refractivity contribution is 7.16. The molecule has 1 aromatic carbocycles. The van der Waals surface area contributed by atoms with Gasteiger partial charge in [0.1, 0.15) is 5.01 Å². The topological polar surface area (TPSA) is 42.9 Å². The number of hydrogen-bond donors (Lipinski definition) is 0. The number of carbonyl (C=O) groups excluding carboxylic acids is 1. The van der Waals surface area contributed by atoms with Crippen LogP contribution in [-0.4, -0.2) is 16.3 Å². The molecule has 3 nitrogen and oxygen atoms in total. The van der Waals surface area contributed by atoms with Gasteiger partial charge in [-0.3, -0.25) is 9.78 Å². The summed E-state index contributed by atoms with van der Waals surface area (Å²) in [5.41, 5.74) is 1.89. The average molecular weight is 240 g/mol. The van der Waals surface area contributed by atoms with Crippen LogP contribution in [0.1, 0.15) is 9.67 Å². The molecule has 82 valence electrons. The fourth-order valence-electron chi connectivity index (χ4n) is 1.74. The number of benzene rings is 1. The number of fused-ring (bicyclic) bond motifs is 1. The van der Waals surface area contributed by atoms with Gasteiger partial charge in [0.25, 0.3) is 0 Å². The Bertz CT molecular complexity index is 685. The van der Waals surface area contributed by atoms with Crippen molar-refractivity contribution in [3.63, 3.8) is 0 Å². The van der Waals surface area contributed by atoms with E-state index in [2.05, 4.69) is 9.97 Å². The van der Waals surface area contributed by atoms with E-state index < -0.39 is 0 Å². The molecule has 0 N–H and O–H groups in total. The highest BCUT2D eigenvalue weighted by Crippen LogP contribution is 2.29. The molecule has 3 aromatic rings. The Morgan fingerprint density at radius 1 is 1.12 bits per heavy atom. The van der Waals surface area contributed by atoms with Crippen LogP contribution in [0.4, 0.5) is 0 Å². The highest BCUT2D eigenvalue weighted by atomic mass is 32.1. The van der Waals surface area contributed by atoms with Crippen molar-refractivity contribution in [1.82, 2.24) is 9.97 Å². The lowest BCUT2D eigenvalue weighted by Gasteiger charge is -2.01. The third-order valence-electron chi connectivity index (χ3n) is 2.50. The first-order valence-corrected chi connectivity index (χ1v) is 5.95. The van der Waals surface area contributed by atoms with E-state index in [4.69, 9.17) is 0 Å². The zero-order chi connectivity index (χ0) is 11.7. The van der Waals surface area contributed by atoms with Crippen molar-refractivity contribution >= 4 is 28.5 Å². The number of aromatic nitrogens is 2. The van der Waals surface area contributed by atoms with E-state index in [1.54, 1.807) is 12.4 Å². The van der Waals surface area contributed by atoms with Gasteiger partial charge in [-0.05, 0) is 12.1 Å². The number of aldehydes is 1. The van der Waals surface area contributed by atoms with Gasteiger partial charge >= 0.3 is 0 Å². The van der Waals surface area contributed by atoms with Gasteiger partial charge < -0.3 is 0 Å². The lowest BCUT2D eigenvalue weighted by Crippen LogP contribution is -1.82. The number of hydrogen-bond acceptors (Lipinski definition) is 4. The Balaban J connectivity index is 2.26. The molecule has 0 bridgehead atoms. The minimum absolute atomic E-state index is 0.632. The molecule has 0 fully saturated rings. The minimum Gasteiger partial charge on any atom is -0.297 e. The van der Waals surface area contributed by atoms with Gasteiger partial charge in [0.05, 0.1) is 10.4 Å². The Labute approximate surface area is 102 Å². The van der Waals surface area contributed by atoms with Crippen LogP contribution in [0, 0.1) is 0 Å². The largest absolute Gasteiger partial charge is 0.297 e. The molecule has 0 saturated heterocycles. The molecule has 0 aliphatic heterocycles. The Hall–Kier alpha value is -2.07. The van der Waals surface area contributed by atoms with Crippen LogP contribution in [0.25, 0.3) is 21.5 Å². The zero-order valence-electron chi connectivity index (χ0n) is 8.83. The smallest absolute Gasteiger partial charge is 0.161 e. The normalized spacial score (nSPS) is 10.6. The SMILES string of the molecule is O=Cc1cnc(-c2cccc3cccnc23)s1. The number of thiazole rings is 1. The number of rotatable bonds is 2. The summed E-state index contributed by atoms with van der Waals surface area (Å²) in [4.78, 5) is 19.9. The minimum atomic E-state index is 0.632. The molecule has 17 heavy (non-hydrogen) atoms. The van der Waals surface area contributed by atoms with Crippen LogP contribution in [0.15, 0.2) is 42.7 Å². The molecule has 2 heterocycles. The number of nitrogens with zero attached hydrogens (tertiary/aromatic N) is 2. The summed E-state index contributed by atoms with van der Waals surface area (Å²) < 4.78 is 0. The van der Waals surface area contributed by atoms with Crippen molar-refractivity contribution in [3.8, 4) is 10.6 Å². The molecule has 0 saturated carbocycles. The highest BCUT2D eigenvalue weighted by Gasteiger charge is 2.08. The predicted molar refractivity (Wildman–Crippen MR) is 68.2 cm³/mol. The molecule has 4 heteroatoms. The van der Waals surface area contributed by atoms with Crippen LogP contribution in [0.3, 0.4) is 0 Å². The van der Waals surface area contributed by atoms with Gasteiger partial charge in [0, 0.05) is 23.3 Å². The fraction of sp³-hybridized carbons (Fsp3) is 0. The lowest BCUT2D eigenvalue weighted by atomic mass is 10.1. The van der Waals surface area contributed by atoms with E-state index in [1.165, 1.54) is 11.3 Å². The summed E-state index contributed by atoms with van der Waals surface area (Å²) in [5, 5.41) is 1.91. The van der Waals surface area contributed by atoms with Gasteiger partial charge in [-0.15, -0.1) is 11.3 Å². The van der Waals surface area contributed by atoms with E-state index in [-0.39, 0.29) is 0 Å². The average Bonchev–Trinajstić information content (AvgIpc) is 2.87. The van der Waals surface area contributed by atoms with Crippen molar-refractivity contribution < 1.29 is 4.79 Å². The first kappa shape index (κ1) is 10.1. The predicted octanol–water partition coefficient (Wildman–Crippen LogP) is 3.17. The number of pyridine rings is 1. The summed E-state index contributed by atoms with van der Waals surface area (Å²) >= 11 is 1.38. The van der Waals surface area contributed by atoms with Gasteiger partial charge in [-0.1, -0.05) is 18.2 Å². The summed E-state index contributed by atoms with van der Waals surface area (Å²) in [6, 6.07) is 9.88. The van der Waals surface area contributed by atoms with Crippen LogP contribution in [0.2, 0.25) is 0 Å². The van der Waals surface area contributed by atoms with Crippen molar-refractivity contribution in [1.29, 1.82) is 0 Å². The van der Waals surface area contributed by atoms with E-state index in [0.717, 1.165) is 27.8 Å². The van der Waals surface area contributed by atoms with Gasteiger partial charge in [0.15, 0.2) is 6.29 Å². The molecule has 0 atom stereocenters. The second-order valence-corrected chi connectivity index (χ2v) is 4.63. The summed E-state index contributed by atoms with van der Waals surface area (Å²) in [6.45, 7) is 0. The van der Waals surface area contributed by atoms with Crippen LogP contribution >= 0.6 is 11.3 Å². The molecule has 3 rings (SSSR count). The first-order valence-electron chi connectivity index (χ1n) is 5.13. The molecule has 0 amide bonds. The molecule has 0 aliphatic carbocycles. The lowest BCUT2D eigenvalue weighted by molar-refractivity contribution is 0.112. The van der Waals surface area contributed by atoms with Gasteiger partial charge in [-0.25, -0.2) is 4.98 Å². The fourth-order valence-corrected chi connectivity index (χ4v) is 2.50. The quantitative estimate of drug-likeness (QED) is 0.646. The third-order valence-corrected chi connectivity index (χ3v) is 3.46. The van der Waals surface area contributed by atoms with E-state index in [0.29, 0.717) is 4.88 Å². The molecule has 0 aliphatic rings. The molecular formula is C13H8N2OS. The second-order valence-electron chi connectivity index (χ2n) is 3.57. The second kappa shape index (κ2) is 4.07. The maximum Gasteiger partial charge on any atom is 0.161 e. The first-order chi connectivity index (χ1) is 8.38. The summed E-state index contributed by atoms with van der Waals surface area (Å²) in [6.07, 6.45) is 4.18. The van der Waals surface area contributed by atoms with Crippen LogP contribution in [0.5, 0.6) is 0 Å². The Morgan fingerprint density at radius 2 is 2.00 bits per heavy atom. The molecule has 0 unspecified atom stereocenters.